The molecular weight excluding hydrogens is 234 g/mol. The zero-order chi connectivity index (χ0) is 13.0. The van der Waals surface area contributed by atoms with Gasteiger partial charge in [0.25, 0.3) is 0 Å². The van der Waals surface area contributed by atoms with Crippen LogP contribution in [0.15, 0.2) is 24.5 Å². The fourth-order valence-electron chi connectivity index (χ4n) is 1.53. The molecular formula is C12H13N3O3. The number of carbonyl (C=O) groups is 1. The van der Waals surface area contributed by atoms with Crippen LogP contribution in [0, 0.1) is 0 Å². The first kappa shape index (κ1) is 12.1. The third kappa shape index (κ3) is 2.32. The highest BCUT2D eigenvalue weighted by Gasteiger charge is 2.14. The van der Waals surface area contributed by atoms with E-state index in [0.29, 0.717) is 29.3 Å². The molecule has 0 amide bonds. The molecule has 0 aliphatic heterocycles. The second kappa shape index (κ2) is 5.31. The molecule has 6 nitrogen and oxygen atoms in total. The van der Waals surface area contributed by atoms with Crippen LogP contribution >= 0.6 is 0 Å². The second-order valence-electron chi connectivity index (χ2n) is 3.46. The number of esters is 1. The van der Waals surface area contributed by atoms with Crippen LogP contribution in [-0.4, -0.2) is 34.9 Å². The molecule has 2 heterocycles. The highest BCUT2D eigenvalue weighted by Crippen LogP contribution is 2.27. The quantitative estimate of drug-likeness (QED) is 0.831. The van der Waals surface area contributed by atoms with Crippen LogP contribution in [0.3, 0.4) is 0 Å². The molecule has 0 saturated carbocycles. The topological polar surface area (TPSA) is 77.1 Å². The maximum Gasteiger partial charge on any atom is 0.356 e. The molecule has 0 bridgehead atoms. The molecule has 0 aromatic carbocycles. The van der Waals surface area contributed by atoms with E-state index in [9.17, 15) is 4.79 Å². The molecule has 0 saturated heterocycles. The minimum absolute atomic E-state index is 0.303. The Morgan fingerprint density at radius 2 is 2.33 bits per heavy atom. The van der Waals surface area contributed by atoms with E-state index in [1.54, 1.807) is 38.6 Å². The highest BCUT2D eigenvalue weighted by molar-refractivity contribution is 5.88. The number of aromatic amines is 1. The molecule has 94 valence electrons. The van der Waals surface area contributed by atoms with Gasteiger partial charge in [-0.3, -0.25) is 10.1 Å². The summed E-state index contributed by atoms with van der Waals surface area (Å²) in [7, 11) is 1.57. The van der Waals surface area contributed by atoms with Crippen LogP contribution in [0.2, 0.25) is 0 Å². The Balaban J connectivity index is 2.32. The van der Waals surface area contributed by atoms with Crippen LogP contribution in [0.5, 0.6) is 5.75 Å². The van der Waals surface area contributed by atoms with Gasteiger partial charge in [-0.1, -0.05) is 0 Å². The molecule has 2 rings (SSSR count). The maximum atomic E-state index is 11.5. The molecule has 0 atom stereocenters. The van der Waals surface area contributed by atoms with Gasteiger partial charge in [-0.15, -0.1) is 0 Å². The number of carbonyl (C=O) groups excluding carboxylic acids is 1. The number of rotatable bonds is 4. The standard InChI is InChI=1S/C12H13N3O3/c1-3-18-12(16)10-6-9(14-15-10)8-7-13-5-4-11(8)17-2/h4-7H,3H2,1-2H3,(H,14,15). The number of nitrogens with one attached hydrogen (secondary N) is 1. The van der Waals surface area contributed by atoms with Crippen molar-refractivity contribution in [2.75, 3.05) is 13.7 Å². The maximum absolute atomic E-state index is 11.5. The number of pyridine rings is 1. The smallest absolute Gasteiger partial charge is 0.356 e. The van der Waals surface area contributed by atoms with Gasteiger partial charge in [0.15, 0.2) is 0 Å². The summed E-state index contributed by atoms with van der Waals surface area (Å²) in [4.78, 5) is 15.5. The van der Waals surface area contributed by atoms with Crippen molar-refractivity contribution in [2.45, 2.75) is 6.92 Å². The summed E-state index contributed by atoms with van der Waals surface area (Å²) in [5, 5.41) is 6.68. The van der Waals surface area contributed by atoms with Crippen molar-refractivity contribution in [3.05, 3.63) is 30.2 Å². The predicted molar refractivity (Wildman–Crippen MR) is 64.3 cm³/mol. The number of aromatic nitrogens is 3. The largest absolute Gasteiger partial charge is 0.496 e. The van der Waals surface area contributed by atoms with Gasteiger partial charge in [-0.2, -0.15) is 5.10 Å². The summed E-state index contributed by atoms with van der Waals surface area (Å²) in [6.07, 6.45) is 3.26. The van der Waals surface area contributed by atoms with Crippen molar-refractivity contribution in [1.82, 2.24) is 15.2 Å². The summed E-state index contributed by atoms with van der Waals surface area (Å²) in [6, 6.07) is 3.34. The zero-order valence-electron chi connectivity index (χ0n) is 10.1. The molecule has 6 heteroatoms. The van der Waals surface area contributed by atoms with Crippen molar-refractivity contribution in [3.8, 4) is 17.0 Å². The van der Waals surface area contributed by atoms with E-state index in [2.05, 4.69) is 15.2 Å². The van der Waals surface area contributed by atoms with Crippen molar-refractivity contribution in [2.24, 2.45) is 0 Å². The fourth-order valence-corrected chi connectivity index (χ4v) is 1.53. The molecule has 2 aromatic rings. The SMILES string of the molecule is CCOC(=O)c1cc(-c2cnccc2OC)n[nH]1. The zero-order valence-corrected chi connectivity index (χ0v) is 10.1. The van der Waals surface area contributed by atoms with Crippen molar-refractivity contribution in [3.63, 3.8) is 0 Å². The van der Waals surface area contributed by atoms with Crippen molar-refractivity contribution >= 4 is 5.97 Å². The van der Waals surface area contributed by atoms with E-state index in [-0.39, 0.29) is 0 Å². The van der Waals surface area contributed by atoms with Gasteiger partial charge >= 0.3 is 5.97 Å². The van der Waals surface area contributed by atoms with Gasteiger partial charge in [-0.05, 0) is 19.1 Å². The molecule has 0 unspecified atom stereocenters. The number of ether oxygens (including phenoxy) is 2. The van der Waals surface area contributed by atoms with Crippen LogP contribution < -0.4 is 4.74 Å². The lowest BCUT2D eigenvalue weighted by Gasteiger charge is -2.03. The second-order valence-corrected chi connectivity index (χ2v) is 3.46. The van der Waals surface area contributed by atoms with E-state index in [4.69, 9.17) is 9.47 Å². The van der Waals surface area contributed by atoms with Crippen molar-refractivity contribution < 1.29 is 14.3 Å². The Morgan fingerprint density at radius 1 is 1.50 bits per heavy atom. The predicted octanol–water partition coefficient (Wildman–Crippen LogP) is 1.66. The van der Waals surface area contributed by atoms with E-state index < -0.39 is 5.97 Å². The summed E-state index contributed by atoms with van der Waals surface area (Å²) < 4.78 is 10.1. The van der Waals surface area contributed by atoms with Crippen LogP contribution in [0.4, 0.5) is 0 Å². The Bertz CT molecular complexity index is 551. The Labute approximate surface area is 104 Å². The molecule has 18 heavy (non-hydrogen) atoms. The third-order valence-corrected chi connectivity index (χ3v) is 2.35. The molecule has 1 N–H and O–H groups in total. The fraction of sp³-hybridized carbons (Fsp3) is 0.250. The van der Waals surface area contributed by atoms with E-state index in [1.165, 1.54) is 0 Å². The van der Waals surface area contributed by atoms with Crippen LogP contribution in [0.1, 0.15) is 17.4 Å². The van der Waals surface area contributed by atoms with E-state index in [1.807, 2.05) is 0 Å². The van der Waals surface area contributed by atoms with Gasteiger partial charge in [0.2, 0.25) is 0 Å². The van der Waals surface area contributed by atoms with Gasteiger partial charge in [0, 0.05) is 12.4 Å². The first-order valence-electron chi connectivity index (χ1n) is 5.47. The average molecular weight is 247 g/mol. The number of nitrogens with zero attached hydrogens (tertiary/aromatic N) is 2. The van der Waals surface area contributed by atoms with Gasteiger partial charge in [0.05, 0.1) is 25.0 Å². The summed E-state index contributed by atoms with van der Waals surface area (Å²) >= 11 is 0. The van der Waals surface area contributed by atoms with Gasteiger partial charge in [0.1, 0.15) is 11.4 Å². The van der Waals surface area contributed by atoms with Crippen LogP contribution in [0.25, 0.3) is 11.3 Å². The normalized spacial score (nSPS) is 10.1. The minimum atomic E-state index is -0.431. The number of hydrogen-bond donors (Lipinski definition) is 1. The monoisotopic (exact) mass is 247 g/mol. The highest BCUT2D eigenvalue weighted by atomic mass is 16.5. The average Bonchev–Trinajstić information content (AvgIpc) is 2.88. The van der Waals surface area contributed by atoms with E-state index >= 15 is 0 Å². The Morgan fingerprint density at radius 3 is 3.06 bits per heavy atom. The van der Waals surface area contributed by atoms with Crippen LogP contribution in [-0.2, 0) is 4.74 Å². The first-order valence-corrected chi connectivity index (χ1v) is 5.47. The summed E-state index contributed by atoms with van der Waals surface area (Å²) in [6.45, 7) is 2.07. The third-order valence-electron chi connectivity index (χ3n) is 2.35. The minimum Gasteiger partial charge on any atom is -0.496 e. The number of hydrogen-bond acceptors (Lipinski definition) is 5. The Kier molecular flexibility index (Phi) is 3.57. The van der Waals surface area contributed by atoms with E-state index in [0.717, 1.165) is 0 Å². The first-order chi connectivity index (χ1) is 8.76. The molecule has 0 spiro atoms. The molecule has 2 aromatic heterocycles. The number of methoxy groups -OCH3 is 1. The molecule has 0 aliphatic rings. The Hall–Kier alpha value is -2.37. The lowest BCUT2D eigenvalue weighted by molar-refractivity contribution is 0.0519. The summed E-state index contributed by atoms with van der Waals surface area (Å²) in [5.41, 5.74) is 1.60. The number of H-pyrrole nitrogens is 1. The molecule has 0 aliphatic carbocycles. The van der Waals surface area contributed by atoms with Gasteiger partial charge < -0.3 is 9.47 Å². The lowest BCUT2D eigenvalue weighted by Crippen LogP contribution is -2.04. The van der Waals surface area contributed by atoms with Crippen molar-refractivity contribution in [1.29, 1.82) is 0 Å². The summed E-state index contributed by atoms with van der Waals surface area (Å²) in [5.74, 6) is 0.214. The molecule has 0 fully saturated rings. The lowest BCUT2D eigenvalue weighted by atomic mass is 10.2. The van der Waals surface area contributed by atoms with Gasteiger partial charge in [-0.25, -0.2) is 4.79 Å². The molecule has 0 radical (unpaired) electrons.